The molecule has 0 spiro atoms. The number of pyridine rings is 1. The second-order valence-electron chi connectivity index (χ2n) is 9.59. The summed E-state index contributed by atoms with van der Waals surface area (Å²) in [6.07, 6.45) is 6.33. The molecule has 4 heterocycles. The van der Waals surface area contributed by atoms with Crippen molar-refractivity contribution in [3.8, 4) is 11.1 Å². The maximum absolute atomic E-state index is 8.98. The van der Waals surface area contributed by atoms with Gasteiger partial charge in [-0.3, -0.25) is 10.4 Å². The lowest BCUT2D eigenvalue weighted by Gasteiger charge is -2.39. The number of halogens is 1. The number of aryl methyl sites for hydroxylation is 1. The van der Waals surface area contributed by atoms with Crippen molar-refractivity contribution in [2.45, 2.75) is 37.8 Å². The smallest absolute Gasteiger partial charge is 0.203 e. The number of aromatic nitrogens is 3. The zero-order valence-corrected chi connectivity index (χ0v) is 20.3. The summed E-state index contributed by atoms with van der Waals surface area (Å²) < 4.78 is 9.81. The van der Waals surface area contributed by atoms with E-state index < -0.39 is 0 Å². The monoisotopic (exact) mass is 475 g/mol. The first-order valence-corrected chi connectivity index (χ1v) is 12.6. The molecule has 2 aliphatic rings. The van der Waals surface area contributed by atoms with Crippen molar-refractivity contribution in [3.05, 3.63) is 59.3 Å². The Bertz CT molecular complexity index is 1390. The van der Waals surface area contributed by atoms with Crippen LogP contribution in [0.15, 0.2) is 48.7 Å². The summed E-state index contributed by atoms with van der Waals surface area (Å²) in [7, 11) is 1.98. The Hall–Kier alpha value is -2.67. The average molecular weight is 476 g/mol. The van der Waals surface area contributed by atoms with Crippen LogP contribution in [0.5, 0.6) is 0 Å². The summed E-state index contributed by atoms with van der Waals surface area (Å²) in [5.74, 6) is 0. The summed E-state index contributed by atoms with van der Waals surface area (Å²) in [6.45, 7) is 3.93. The molecule has 0 saturated carbocycles. The van der Waals surface area contributed by atoms with Gasteiger partial charge in [0, 0.05) is 55.8 Å². The first-order valence-electron chi connectivity index (χ1n) is 12.2. The topological polar surface area (TPSA) is 59.1 Å². The molecule has 1 N–H and O–H groups in total. The number of nitrogens with one attached hydrogen (secondary N) is 1. The minimum Gasteiger partial charge on any atom is -0.381 e. The summed E-state index contributed by atoms with van der Waals surface area (Å²) >= 11 is 6.11. The van der Waals surface area contributed by atoms with Gasteiger partial charge in [0.2, 0.25) is 5.62 Å². The fraction of sp³-hybridized carbons (Fsp3) is 0.407. The van der Waals surface area contributed by atoms with Crippen molar-refractivity contribution < 1.29 is 4.74 Å². The minimum absolute atomic E-state index is 0.317. The molecule has 2 saturated heterocycles. The van der Waals surface area contributed by atoms with Crippen LogP contribution in [0.3, 0.4) is 0 Å². The number of imidazole rings is 1. The number of ether oxygens (including phenoxy) is 1. The van der Waals surface area contributed by atoms with Gasteiger partial charge in [0.25, 0.3) is 0 Å². The van der Waals surface area contributed by atoms with Gasteiger partial charge in [0.05, 0.1) is 22.7 Å². The highest BCUT2D eigenvalue weighted by molar-refractivity contribution is 6.30. The molecule has 0 unspecified atom stereocenters. The largest absolute Gasteiger partial charge is 0.381 e. The third-order valence-corrected chi connectivity index (χ3v) is 7.97. The van der Waals surface area contributed by atoms with Gasteiger partial charge in [-0.05, 0) is 61.1 Å². The molecule has 0 radical (unpaired) electrons. The van der Waals surface area contributed by atoms with E-state index in [4.69, 9.17) is 26.7 Å². The van der Waals surface area contributed by atoms with Crippen LogP contribution in [0, 0.1) is 5.41 Å². The molecule has 6 rings (SSSR count). The van der Waals surface area contributed by atoms with E-state index in [9.17, 15) is 0 Å². The Morgan fingerprint density at radius 2 is 1.65 bits per heavy atom. The molecule has 2 fully saturated rings. The number of hydrogen-bond donors (Lipinski definition) is 1. The van der Waals surface area contributed by atoms with Crippen molar-refractivity contribution in [2.75, 3.05) is 26.3 Å². The molecule has 6 nitrogen and oxygen atoms in total. The van der Waals surface area contributed by atoms with Crippen molar-refractivity contribution in [1.82, 2.24) is 19.0 Å². The molecule has 0 bridgehead atoms. The molecular weight excluding hydrogens is 446 g/mol. The summed E-state index contributed by atoms with van der Waals surface area (Å²) in [5, 5.41) is 10.8. The molecule has 2 aromatic carbocycles. The van der Waals surface area contributed by atoms with Crippen LogP contribution in [0.2, 0.25) is 5.02 Å². The van der Waals surface area contributed by atoms with E-state index in [0.717, 1.165) is 90.1 Å². The number of fused-ring (bicyclic) bond motifs is 3. The van der Waals surface area contributed by atoms with E-state index in [1.807, 2.05) is 29.9 Å². The zero-order chi connectivity index (χ0) is 23.2. The lowest BCUT2D eigenvalue weighted by Crippen LogP contribution is -2.45. The molecule has 0 amide bonds. The van der Waals surface area contributed by atoms with Gasteiger partial charge in [0.15, 0.2) is 0 Å². The van der Waals surface area contributed by atoms with Gasteiger partial charge in [-0.25, -0.2) is 0 Å². The highest BCUT2D eigenvalue weighted by atomic mass is 35.5. The summed E-state index contributed by atoms with van der Waals surface area (Å²) in [5.41, 5.74) is 5.90. The highest BCUT2D eigenvalue weighted by Crippen LogP contribution is 2.33. The normalized spacial score (nSPS) is 18.8. The number of nitrogens with zero attached hydrogens (tertiary/aromatic N) is 4. The molecule has 2 aromatic heterocycles. The lowest BCUT2D eigenvalue weighted by molar-refractivity contribution is 0.0219. The lowest BCUT2D eigenvalue weighted by atomic mass is 9.99. The quantitative estimate of drug-likeness (QED) is 0.446. The van der Waals surface area contributed by atoms with Crippen LogP contribution in [0.1, 0.15) is 31.7 Å². The molecule has 0 aliphatic carbocycles. The Kier molecular flexibility index (Phi) is 5.68. The Labute approximate surface area is 204 Å². The van der Waals surface area contributed by atoms with Crippen LogP contribution >= 0.6 is 11.6 Å². The first kappa shape index (κ1) is 21.8. The number of benzene rings is 2. The van der Waals surface area contributed by atoms with E-state index in [-0.39, 0.29) is 0 Å². The maximum Gasteiger partial charge on any atom is 0.203 e. The van der Waals surface area contributed by atoms with E-state index in [2.05, 4.69) is 39.8 Å². The van der Waals surface area contributed by atoms with Crippen LogP contribution in [0.4, 0.5) is 0 Å². The van der Waals surface area contributed by atoms with E-state index in [1.54, 1.807) is 0 Å². The predicted molar refractivity (Wildman–Crippen MR) is 136 cm³/mol. The molecule has 0 atom stereocenters. The molecule has 4 aromatic rings. The van der Waals surface area contributed by atoms with Gasteiger partial charge in [-0.1, -0.05) is 29.8 Å². The molecule has 2 aliphatic heterocycles. The molecular formula is C27H30ClN5O. The summed E-state index contributed by atoms with van der Waals surface area (Å²) in [4.78, 5) is 7.38. The van der Waals surface area contributed by atoms with Gasteiger partial charge in [-0.2, -0.15) is 0 Å². The van der Waals surface area contributed by atoms with Crippen LogP contribution in [0.25, 0.3) is 33.1 Å². The fourth-order valence-electron chi connectivity index (χ4n) is 5.79. The Morgan fingerprint density at radius 1 is 0.941 bits per heavy atom. The number of hydrogen-bond acceptors (Lipinski definition) is 4. The molecule has 7 heteroatoms. The predicted octanol–water partition coefficient (Wildman–Crippen LogP) is 5.14. The van der Waals surface area contributed by atoms with Crippen LogP contribution in [-0.4, -0.2) is 51.4 Å². The number of rotatable bonds is 3. The minimum atomic E-state index is 0.317. The number of likely N-dealkylation sites (tertiary alicyclic amines) is 1. The second kappa shape index (κ2) is 8.84. The van der Waals surface area contributed by atoms with Crippen molar-refractivity contribution in [1.29, 1.82) is 5.41 Å². The summed E-state index contributed by atoms with van der Waals surface area (Å²) in [6, 6.07) is 15.4. The third kappa shape index (κ3) is 3.74. The molecule has 176 valence electrons. The maximum atomic E-state index is 8.98. The SMILES string of the molecule is Cn1c(=N)n(C2CCN(C3CCOCC3)CC2)c2c3cc(-c4ccc(Cl)cc4)ccc3ncc21. The van der Waals surface area contributed by atoms with Gasteiger partial charge in [0.1, 0.15) is 0 Å². The third-order valence-electron chi connectivity index (χ3n) is 7.72. The standard InChI is InChI=1S/C27H30ClN5O/c1-31-25-17-30-24-7-4-19(18-2-5-20(28)6-3-18)16-23(24)26(25)33(27(31)29)22-8-12-32(13-9-22)21-10-14-34-15-11-21/h2-7,16-17,21-22,29H,8-15H2,1H3. The Balaban J connectivity index is 1.41. The van der Waals surface area contributed by atoms with Crippen LogP contribution < -0.4 is 5.62 Å². The van der Waals surface area contributed by atoms with Crippen molar-refractivity contribution in [3.63, 3.8) is 0 Å². The fourth-order valence-corrected chi connectivity index (χ4v) is 5.91. The average Bonchev–Trinajstić information content (AvgIpc) is 3.15. The number of piperidine rings is 1. The zero-order valence-electron chi connectivity index (χ0n) is 19.5. The van der Waals surface area contributed by atoms with E-state index in [1.165, 1.54) is 0 Å². The highest BCUT2D eigenvalue weighted by Gasteiger charge is 2.29. The first-order chi connectivity index (χ1) is 16.6. The van der Waals surface area contributed by atoms with Gasteiger partial charge >= 0.3 is 0 Å². The second-order valence-corrected chi connectivity index (χ2v) is 10.0. The van der Waals surface area contributed by atoms with Crippen LogP contribution in [-0.2, 0) is 11.8 Å². The van der Waals surface area contributed by atoms with Crippen molar-refractivity contribution in [2.24, 2.45) is 7.05 Å². The van der Waals surface area contributed by atoms with Crippen molar-refractivity contribution >= 4 is 33.5 Å². The Morgan fingerprint density at radius 3 is 2.38 bits per heavy atom. The van der Waals surface area contributed by atoms with Gasteiger partial charge < -0.3 is 18.8 Å². The van der Waals surface area contributed by atoms with E-state index in [0.29, 0.717) is 17.7 Å². The van der Waals surface area contributed by atoms with Gasteiger partial charge in [-0.15, -0.1) is 0 Å². The molecule has 34 heavy (non-hydrogen) atoms. The van der Waals surface area contributed by atoms with E-state index >= 15 is 0 Å².